The van der Waals surface area contributed by atoms with Crippen LogP contribution in [0.15, 0.2) is 42.5 Å². The van der Waals surface area contributed by atoms with Gasteiger partial charge in [0.15, 0.2) is 0 Å². The minimum atomic E-state index is -0.530. The van der Waals surface area contributed by atoms with Crippen LogP contribution in [0.1, 0.15) is 36.8 Å². The number of nitrogens with zero attached hydrogens (tertiary/aromatic N) is 2. The highest BCUT2D eigenvalue weighted by Crippen LogP contribution is 2.43. The van der Waals surface area contributed by atoms with Gasteiger partial charge in [0.25, 0.3) is 0 Å². The lowest BCUT2D eigenvalue weighted by Gasteiger charge is -2.57. The van der Waals surface area contributed by atoms with E-state index in [9.17, 15) is 13.6 Å². The molecule has 2 aromatic rings. The van der Waals surface area contributed by atoms with E-state index in [1.165, 1.54) is 17.7 Å². The van der Waals surface area contributed by atoms with Crippen LogP contribution >= 0.6 is 0 Å². The molecule has 1 amide bonds. The standard InChI is InChI=1S/C26H30F2N2O2/c1-32-23-5-2-4-17(10-23)11-25-20-12-19(24-6-3-7-26(31)30(24)25)15-29(16-20)14-18-8-21(27)13-22(28)9-18/h2,4-5,8-10,13,19-20,24-25H,3,6-7,11-12,14-16H2,1H3/t19-,20+,24+,25+/m1/s1. The van der Waals surface area contributed by atoms with Crippen molar-refractivity contribution in [1.29, 1.82) is 0 Å². The number of amides is 1. The third-order valence-corrected chi connectivity index (χ3v) is 7.48. The third kappa shape index (κ3) is 4.25. The van der Waals surface area contributed by atoms with Crippen LogP contribution in [0.3, 0.4) is 0 Å². The van der Waals surface area contributed by atoms with Crippen LogP contribution in [0.2, 0.25) is 0 Å². The van der Waals surface area contributed by atoms with Gasteiger partial charge in [0.05, 0.1) is 7.11 Å². The molecule has 3 aliphatic rings. The summed E-state index contributed by atoms with van der Waals surface area (Å²) in [4.78, 5) is 17.6. The van der Waals surface area contributed by atoms with Crippen molar-refractivity contribution in [2.24, 2.45) is 11.8 Å². The Morgan fingerprint density at radius 3 is 2.59 bits per heavy atom. The normalized spacial score (nSPS) is 27.8. The van der Waals surface area contributed by atoms with E-state index in [4.69, 9.17) is 4.74 Å². The highest BCUT2D eigenvalue weighted by atomic mass is 19.1. The summed E-state index contributed by atoms with van der Waals surface area (Å²) in [6.07, 6.45) is 4.54. The van der Waals surface area contributed by atoms with Gasteiger partial charge in [0.2, 0.25) is 5.91 Å². The maximum absolute atomic E-state index is 13.7. The van der Waals surface area contributed by atoms with E-state index in [2.05, 4.69) is 21.9 Å². The van der Waals surface area contributed by atoms with Crippen molar-refractivity contribution >= 4 is 5.91 Å². The zero-order valence-electron chi connectivity index (χ0n) is 18.5. The number of carbonyl (C=O) groups excluding carboxylic acids is 1. The van der Waals surface area contributed by atoms with Crippen molar-refractivity contribution in [3.8, 4) is 5.75 Å². The lowest BCUT2D eigenvalue weighted by Crippen LogP contribution is -2.65. The van der Waals surface area contributed by atoms with Gasteiger partial charge in [-0.25, -0.2) is 8.78 Å². The van der Waals surface area contributed by atoms with Crippen molar-refractivity contribution in [1.82, 2.24) is 9.80 Å². The number of carbonyl (C=O) groups is 1. The first kappa shape index (κ1) is 21.4. The van der Waals surface area contributed by atoms with E-state index in [0.29, 0.717) is 30.4 Å². The first-order chi connectivity index (χ1) is 15.5. The molecule has 6 heteroatoms. The molecule has 0 aliphatic carbocycles. The summed E-state index contributed by atoms with van der Waals surface area (Å²) in [5.41, 5.74) is 1.85. The quantitative estimate of drug-likeness (QED) is 0.690. The summed E-state index contributed by atoms with van der Waals surface area (Å²) in [5.74, 6) is 0.810. The molecule has 0 radical (unpaired) electrons. The van der Waals surface area contributed by atoms with Gasteiger partial charge in [-0.15, -0.1) is 0 Å². The van der Waals surface area contributed by atoms with E-state index < -0.39 is 11.6 Å². The molecule has 32 heavy (non-hydrogen) atoms. The molecule has 5 rings (SSSR count). The summed E-state index contributed by atoms with van der Waals surface area (Å²) in [6, 6.07) is 12.3. The van der Waals surface area contributed by atoms with Crippen molar-refractivity contribution in [3.05, 3.63) is 65.2 Å². The molecule has 0 aromatic heterocycles. The van der Waals surface area contributed by atoms with E-state index in [1.54, 1.807) is 7.11 Å². The minimum absolute atomic E-state index is 0.142. The van der Waals surface area contributed by atoms with Crippen LogP contribution in [-0.2, 0) is 17.8 Å². The van der Waals surface area contributed by atoms with E-state index in [-0.39, 0.29) is 18.0 Å². The third-order valence-electron chi connectivity index (χ3n) is 7.48. The lowest BCUT2D eigenvalue weighted by molar-refractivity contribution is -0.152. The number of benzene rings is 2. The Labute approximate surface area is 188 Å². The van der Waals surface area contributed by atoms with E-state index >= 15 is 0 Å². The van der Waals surface area contributed by atoms with Gasteiger partial charge in [-0.3, -0.25) is 9.69 Å². The Balaban J connectivity index is 1.41. The Kier molecular flexibility index (Phi) is 5.89. The minimum Gasteiger partial charge on any atom is -0.497 e. The van der Waals surface area contributed by atoms with Crippen LogP contribution < -0.4 is 4.74 Å². The molecule has 3 aliphatic heterocycles. The molecule has 3 heterocycles. The summed E-state index contributed by atoms with van der Waals surface area (Å²) >= 11 is 0. The highest BCUT2D eigenvalue weighted by Gasteiger charge is 2.49. The number of rotatable bonds is 5. The van der Waals surface area contributed by atoms with Crippen molar-refractivity contribution in [2.45, 2.75) is 50.7 Å². The van der Waals surface area contributed by atoms with Crippen molar-refractivity contribution < 1.29 is 18.3 Å². The average molecular weight is 441 g/mol. The molecule has 4 nitrogen and oxygen atoms in total. The molecule has 0 saturated carbocycles. The van der Waals surface area contributed by atoms with Crippen LogP contribution in [0, 0.1) is 23.5 Å². The zero-order chi connectivity index (χ0) is 22.2. The second-order valence-corrected chi connectivity index (χ2v) is 9.61. The van der Waals surface area contributed by atoms with Gasteiger partial charge in [-0.05, 0) is 72.9 Å². The fourth-order valence-electron chi connectivity index (χ4n) is 6.27. The lowest BCUT2D eigenvalue weighted by atomic mass is 9.70. The van der Waals surface area contributed by atoms with Crippen LogP contribution in [0.4, 0.5) is 8.78 Å². The van der Waals surface area contributed by atoms with Gasteiger partial charge in [-0.2, -0.15) is 0 Å². The molecule has 3 fully saturated rings. The SMILES string of the molecule is COc1cccc(C[C@H]2[C@H]3C[C@H](CN(Cc4cc(F)cc(F)c4)C3)[C@@H]3CCCC(=O)N32)c1. The maximum Gasteiger partial charge on any atom is 0.223 e. The van der Waals surface area contributed by atoms with Gasteiger partial charge < -0.3 is 9.64 Å². The van der Waals surface area contributed by atoms with Crippen LogP contribution in [0.25, 0.3) is 0 Å². The van der Waals surface area contributed by atoms with Gasteiger partial charge in [0.1, 0.15) is 17.4 Å². The molecule has 0 spiro atoms. The van der Waals surface area contributed by atoms with Crippen LogP contribution in [-0.4, -0.2) is 48.0 Å². The predicted octanol–water partition coefficient (Wildman–Crippen LogP) is 4.42. The number of hydrogen-bond acceptors (Lipinski definition) is 3. The summed E-state index contributed by atoms with van der Waals surface area (Å²) in [6.45, 7) is 2.24. The maximum atomic E-state index is 13.7. The van der Waals surface area contributed by atoms with Gasteiger partial charge in [0, 0.05) is 44.2 Å². The Hall–Kier alpha value is -2.47. The van der Waals surface area contributed by atoms with Gasteiger partial charge >= 0.3 is 0 Å². The largest absolute Gasteiger partial charge is 0.497 e. The number of ether oxygens (including phenoxy) is 1. The average Bonchev–Trinajstić information content (AvgIpc) is 2.76. The molecule has 3 saturated heterocycles. The number of piperidine rings is 3. The molecular formula is C26H30F2N2O2. The van der Waals surface area contributed by atoms with Crippen molar-refractivity contribution in [2.75, 3.05) is 20.2 Å². The number of halogens is 2. The Bertz CT molecular complexity index is 977. The fraction of sp³-hybridized carbons (Fsp3) is 0.500. The number of fused-ring (bicyclic) bond motifs is 4. The monoisotopic (exact) mass is 440 g/mol. The molecular weight excluding hydrogens is 410 g/mol. The Morgan fingerprint density at radius 1 is 1.03 bits per heavy atom. The van der Waals surface area contributed by atoms with Crippen LogP contribution in [0.5, 0.6) is 5.75 Å². The molecule has 2 bridgehead atoms. The molecule has 170 valence electrons. The number of hydrogen-bond donors (Lipinski definition) is 0. The van der Waals surface area contributed by atoms with E-state index in [1.807, 2.05) is 12.1 Å². The number of methoxy groups -OCH3 is 1. The highest BCUT2D eigenvalue weighted by molar-refractivity contribution is 5.78. The summed E-state index contributed by atoms with van der Waals surface area (Å²) in [7, 11) is 1.67. The number of likely N-dealkylation sites (tertiary alicyclic amines) is 1. The topological polar surface area (TPSA) is 32.8 Å². The first-order valence-electron chi connectivity index (χ1n) is 11.6. The molecule has 4 atom stereocenters. The predicted molar refractivity (Wildman–Crippen MR) is 118 cm³/mol. The smallest absolute Gasteiger partial charge is 0.223 e. The second kappa shape index (κ2) is 8.81. The molecule has 0 N–H and O–H groups in total. The summed E-state index contributed by atoms with van der Waals surface area (Å²) < 4.78 is 32.9. The second-order valence-electron chi connectivity index (χ2n) is 9.61. The summed E-state index contributed by atoms with van der Waals surface area (Å²) in [5, 5.41) is 0. The van der Waals surface area contributed by atoms with Crippen molar-refractivity contribution in [3.63, 3.8) is 0 Å². The fourth-order valence-corrected chi connectivity index (χ4v) is 6.27. The molecule has 2 aromatic carbocycles. The first-order valence-corrected chi connectivity index (χ1v) is 11.6. The zero-order valence-corrected chi connectivity index (χ0v) is 18.5. The Morgan fingerprint density at radius 2 is 1.81 bits per heavy atom. The van der Waals surface area contributed by atoms with Gasteiger partial charge in [-0.1, -0.05) is 12.1 Å². The van der Waals surface area contributed by atoms with E-state index in [0.717, 1.165) is 50.6 Å². The molecule has 0 unspecified atom stereocenters.